The molecule has 0 saturated carbocycles. The summed E-state index contributed by atoms with van der Waals surface area (Å²) in [5.74, 6) is 0.781. The second-order valence-electron chi connectivity index (χ2n) is 5.09. The average molecular weight is 327 g/mol. The van der Waals surface area contributed by atoms with E-state index in [1.54, 1.807) is 17.9 Å². The van der Waals surface area contributed by atoms with Crippen LogP contribution in [0.25, 0.3) is 11.3 Å². The molecule has 0 bridgehead atoms. The van der Waals surface area contributed by atoms with Gasteiger partial charge in [0, 0.05) is 16.8 Å². The maximum atomic E-state index is 12.0. The number of hydrogen-bond acceptors (Lipinski definition) is 3. The van der Waals surface area contributed by atoms with E-state index in [0.717, 1.165) is 22.6 Å². The summed E-state index contributed by atoms with van der Waals surface area (Å²) in [6.45, 7) is 0.474. The summed E-state index contributed by atoms with van der Waals surface area (Å²) >= 11 is 5.89. The second kappa shape index (κ2) is 6.67. The van der Waals surface area contributed by atoms with E-state index in [0.29, 0.717) is 11.6 Å². The minimum absolute atomic E-state index is 0.141. The molecule has 0 fully saturated rings. The summed E-state index contributed by atoms with van der Waals surface area (Å²) in [6.07, 6.45) is 3.11. The number of hydrogen-bond donors (Lipinski definition) is 0. The number of nitrogens with zero attached hydrogens (tertiary/aromatic N) is 2. The predicted octanol–water partition coefficient (Wildman–Crippen LogP) is 3.62. The molecule has 0 radical (unpaired) electrons. The van der Waals surface area contributed by atoms with E-state index in [9.17, 15) is 4.79 Å². The number of methoxy groups -OCH3 is 1. The smallest absolute Gasteiger partial charge is 0.269 e. The molecule has 1 heterocycles. The minimum atomic E-state index is -0.141. The molecule has 4 nitrogen and oxygen atoms in total. The van der Waals surface area contributed by atoms with E-state index < -0.39 is 0 Å². The van der Waals surface area contributed by atoms with Crippen molar-refractivity contribution in [1.82, 2.24) is 9.55 Å². The van der Waals surface area contributed by atoms with Crippen LogP contribution in [0.3, 0.4) is 0 Å². The first kappa shape index (κ1) is 15.3. The number of halogens is 1. The van der Waals surface area contributed by atoms with Gasteiger partial charge in [-0.2, -0.15) is 0 Å². The van der Waals surface area contributed by atoms with Crippen LogP contribution in [0, 0.1) is 0 Å². The maximum absolute atomic E-state index is 12.0. The minimum Gasteiger partial charge on any atom is -0.497 e. The predicted molar refractivity (Wildman–Crippen MR) is 91.0 cm³/mol. The zero-order valence-electron chi connectivity index (χ0n) is 12.6. The van der Waals surface area contributed by atoms with Crippen LogP contribution in [0.1, 0.15) is 5.56 Å². The van der Waals surface area contributed by atoms with Crippen molar-refractivity contribution in [3.8, 4) is 17.0 Å². The molecule has 0 N–H and O–H groups in total. The second-order valence-corrected chi connectivity index (χ2v) is 5.53. The molecule has 0 atom stereocenters. The molecule has 0 aliphatic rings. The molecule has 3 aromatic rings. The Morgan fingerprint density at radius 1 is 1.09 bits per heavy atom. The highest BCUT2D eigenvalue weighted by molar-refractivity contribution is 6.30. The van der Waals surface area contributed by atoms with Gasteiger partial charge in [0.25, 0.3) is 5.56 Å². The summed E-state index contributed by atoms with van der Waals surface area (Å²) in [6, 6.07) is 15.0. The Kier molecular flexibility index (Phi) is 4.44. The first-order valence-electron chi connectivity index (χ1n) is 7.11. The molecular weight excluding hydrogens is 312 g/mol. The highest BCUT2D eigenvalue weighted by Crippen LogP contribution is 2.20. The van der Waals surface area contributed by atoms with Crippen molar-refractivity contribution in [3.63, 3.8) is 0 Å². The van der Waals surface area contributed by atoms with Gasteiger partial charge >= 0.3 is 0 Å². The van der Waals surface area contributed by atoms with Crippen LogP contribution in [0.2, 0.25) is 5.02 Å². The van der Waals surface area contributed by atoms with Crippen molar-refractivity contribution in [2.45, 2.75) is 6.54 Å². The summed E-state index contributed by atoms with van der Waals surface area (Å²) in [5, 5.41) is 0.676. The molecule has 1 aromatic heterocycles. The molecule has 0 spiro atoms. The van der Waals surface area contributed by atoms with E-state index in [4.69, 9.17) is 16.3 Å². The Hall–Kier alpha value is -2.59. The highest BCUT2D eigenvalue weighted by atomic mass is 35.5. The van der Waals surface area contributed by atoms with Gasteiger partial charge in [-0.1, -0.05) is 23.7 Å². The lowest BCUT2D eigenvalue weighted by Gasteiger charge is -2.08. The molecule has 2 aromatic carbocycles. The van der Waals surface area contributed by atoms with Gasteiger partial charge in [-0.25, -0.2) is 4.98 Å². The summed E-state index contributed by atoms with van der Waals surface area (Å²) in [5.41, 5.74) is 2.53. The fraction of sp³-hybridized carbons (Fsp3) is 0.111. The van der Waals surface area contributed by atoms with Crippen molar-refractivity contribution in [2.24, 2.45) is 0 Å². The normalized spacial score (nSPS) is 10.5. The fourth-order valence-corrected chi connectivity index (χ4v) is 2.39. The SMILES string of the molecule is COc1ccc(-c2cn(Cc3ccc(Cl)cc3)c(=O)cn2)cc1. The number of benzene rings is 2. The van der Waals surface area contributed by atoms with Crippen LogP contribution in [0.15, 0.2) is 65.7 Å². The number of aromatic nitrogens is 2. The van der Waals surface area contributed by atoms with E-state index in [1.807, 2.05) is 48.5 Å². The Morgan fingerprint density at radius 2 is 1.78 bits per heavy atom. The molecule has 0 aliphatic carbocycles. The molecule has 0 amide bonds. The standard InChI is InChI=1S/C18H15ClN2O2/c1-23-16-8-4-14(5-9-16)17-12-21(18(22)10-20-17)11-13-2-6-15(19)7-3-13/h2-10,12H,11H2,1H3. The molecule has 0 saturated heterocycles. The summed E-state index contributed by atoms with van der Waals surface area (Å²) < 4.78 is 6.78. The topological polar surface area (TPSA) is 44.1 Å². The van der Waals surface area contributed by atoms with Crippen molar-refractivity contribution in [3.05, 3.63) is 81.9 Å². The van der Waals surface area contributed by atoms with Gasteiger partial charge < -0.3 is 9.30 Å². The molecule has 0 aliphatic heterocycles. The molecule has 5 heteroatoms. The lowest BCUT2D eigenvalue weighted by atomic mass is 10.1. The summed E-state index contributed by atoms with van der Waals surface area (Å²) in [7, 11) is 1.62. The molecule has 116 valence electrons. The zero-order chi connectivity index (χ0) is 16.2. The van der Waals surface area contributed by atoms with Gasteiger partial charge in [0.15, 0.2) is 0 Å². The lowest BCUT2D eigenvalue weighted by Crippen LogP contribution is -2.20. The van der Waals surface area contributed by atoms with Crippen molar-refractivity contribution >= 4 is 11.6 Å². The lowest BCUT2D eigenvalue weighted by molar-refractivity contribution is 0.415. The van der Waals surface area contributed by atoms with E-state index in [2.05, 4.69) is 4.98 Å². The van der Waals surface area contributed by atoms with Crippen molar-refractivity contribution < 1.29 is 4.74 Å². The van der Waals surface area contributed by atoms with Crippen LogP contribution < -0.4 is 10.3 Å². The van der Waals surface area contributed by atoms with Gasteiger partial charge in [-0.15, -0.1) is 0 Å². The molecular formula is C18H15ClN2O2. The third kappa shape index (κ3) is 3.60. The first-order valence-corrected chi connectivity index (χ1v) is 7.49. The monoisotopic (exact) mass is 326 g/mol. The third-order valence-electron chi connectivity index (χ3n) is 3.53. The van der Waals surface area contributed by atoms with Gasteiger partial charge in [0.05, 0.1) is 25.5 Å². The van der Waals surface area contributed by atoms with Crippen LogP contribution in [-0.4, -0.2) is 16.7 Å². The molecule has 3 rings (SSSR count). The Labute approximate surface area is 139 Å². The average Bonchev–Trinajstić information content (AvgIpc) is 2.59. The van der Waals surface area contributed by atoms with Gasteiger partial charge in [-0.3, -0.25) is 4.79 Å². The van der Waals surface area contributed by atoms with Crippen molar-refractivity contribution in [2.75, 3.05) is 7.11 Å². The highest BCUT2D eigenvalue weighted by Gasteiger charge is 2.04. The van der Waals surface area contributed by atoms with Gasteiger partial charge in [0.1, 0.15) is 5.75 Å². The number of rotatable bonds is 4. The Bertz CT molecular complexity index is 855. The van der Waals surface area contributed by atoms with E-state index in [1.165, 1.54) is 6.20 Å². The number of ether oxygens (including phenoxy) is 1. The van der Waals surface area contributed by atoms with Gasteiger partial charge in [0.2, 0.25) is 0 Å². The summed E-state index contributed by atoms with van der Waals surface area (Å²) in [4.78, 5) is 16.3. The van der Waals surface area contributed by atoms with E-state index >= 15 is 0 Å². The Morgan fingerprint density at radius 3 is 2.43 bits per heavy atom. The fourth-order valence-electron chi connectivity index (χ4n) is 2.26. The Balaban J connectivity index is 1.91. The quantitative estimate of drug-likeness (QED) is 0.735. The van der Waals surface area contributed by atoms with Crippen LogP contribution in [-0.2, 0) is 6.54 Å². The zero-order valence-corrected chi connectivity index (χ0v) is 13.3. The maximum Gasteiger partial charge on any atom is 0.269 e. The third-order valence-corrected chi connectivity index (χ3v) is 3.78. The molecule has 0 unspecified atom stereocenters. The van der Waals surface area contributed by atoms with E-state index in [-0.39, 0.29) is 5.56 Å². The largest absolute Gasteiger partial charge is 0.497 e. The van der Waals surface area contributed by atoms with Crippen LogP contribution >= 0.6 is 11.6 Å². The van der Waals surface area contributed by atoms with Crippen molar-refractivity contribution in [1.29, 1.82) is 0 Å². The molecule has 23 heavy (non-hydrogen) atoms. The van der Waals surface area contributed by atoms with Crippen LogP contribution in [0.5, 0.6) is 5.75 Å². The van der Waals surface area contributed by atoms with Crippen LogP contribution in [0.4, 0.5) is 0 Å². The van der Waals surface area contributed by atoms with Gasteiger partial charge in [-0.05, 0) is 42.0 Å². The first-order chi connectivity index (χ1) is 11.2.